The summed E-state index contributed by atoms with van der Waals surface area (Å²) in [4.78, 5) is 13.4. The molecule has 1 aliphatic heterocycles. The van der Waals surface area contributed by atoms with Gasteiger partial charge < -0.3 is 10.6 Å². The van der Waals surface area contributed by atoms with Gasteiger partial charge in [0.15, 0.2) is 0 Å². The summed E-state index contributed by atoms with van der Waals surface area (Å²) in [5, 5.41) is 13.5. The van der Waals surface area contributed by atoms with Crippen LogP contribution in [-0.2, 0) is 11.7 Å². The standard InChI is InChI=1S/C28H25F3N4O/c29-28(30,31)25-10-6-19(7-11-25)21-2-1-3-22(16-21)26(36)35-27(12-14-32-15-13-27)24-8-4-20(5-9-24)23-17-33-34-18-23/h1-11,16-18,32H,12-15H2,(H,33,34)(H,35,36). The first-order chi connectivity index (χ1) is 17.3. The Balaban J connectivity index is 1.39. The fraction of sp³-hybridized carbons (Fsp3) is 0.214. The van der Waals surface area contributed by atoms with Gasteiger partial charge in [0.25, 0.3) is 5.91 Å². The van der Waals surface area contributed by atoms with Crippen LogP contribution >= 0.6 is 0 Å². The van der Waals surface area contributed by atoms with Crippen molar-refractivity contribution in [2.24, 2.45) is 0 Å². The zero-order chi connectivity index (χ0) is 25.2. The number of carbonyl (C=O) groups is 1. The summed E-state index contributed by atoms with van der Waals surface area (Å²) >= 11 is 0. The van der Waals surface area contributed by atoms with E-state index in [1.807, 2.05) is 30.5 Å². The Morgan fingerprint density at radius 1 is 0.861 bits per heavy atom. The summed E-state index contributed by atoms with van der Waals surface area (Å²) in [7, 11) is 0. The molecule has 36 heavy (non-hydrogen) atoms. The molecule has 1 aromatic heterocycles. The van der Waals surface area contributed by atoms with E-state index in [1.54, 1.807) is 30.5 Å². The summed E-state index contributed by atoms with van der Waals surface area (Å²) in [6.45, 7) is 1.55. The minimum Gasteiger partial charge on any atom is -0.342 e. The molecule has 1 saturated heterocycles. The summed E-state index contributed by atoms with van der Waals surface area (Å²) in [6, 6.07) is 20.1. The zero-order valence-electron chi connectivity index (χ0n) is 19.4. The van der Waals surface area contributed by atoms with Gasteiger partial charge in [-0.1, -0.05) is 48.5 Å². The number of nitrogens with zero attached hydrogens (tertiary/aromatic N) is 1. The average Bonchev–Trinajstić information content (AvgIpc) is 3.44. The van der Waals surface area contributed by atoms with Crippen molar-refractivity contribution in [2.45, 2.75) is 24.6 Å². The molecule has 2 heterocycles. The van der Waals surface area contributed by atoms with Crippen molar-refractivity contribution in [2.75, 3.05) is 13.1 Å². The maximum atomic E-state index is 13.4. The largest absolute Gasteiger partial charge is 0.416 e. The molecule has 5 nitrogen and oxygen atoms in total. The van der Waals surface area contributed by atoms with E-state index in [0.717, 1.165) is 54.8 Å². The molecule has 0 saturated carbocycles. The minimum atomic E-state index is -4.39. The van der Waals surface area contributed by atoms with E-state index in [4.69, 9.17) is 0 Å². The van der Waals surface area contributed by atoms with Crippen molar-refractivity contribution in [3.05, 3.63) is 102 Å². The molecule has 0 radical (unpaired) electrons. The molecule has 1 aliphatic rings. The first-order valence-electron chi connectivity index (χ1n) is 11.7. The fourth-order valence-corrected chi connectivity index (χ4v) is 4.71. The highest BCUT2D eigenvalue weighted by atomic mass is 19.4. The van der Waals surface area contributed by atoms with Crippen molar-refractivity contribution in [3.8, 4) is 22.3 Å². The topological polar surface area (TPSA) is 69.8 Å². The van der Waals surface area contributed by atoms with Crippen LogP contribution in [0.5, 0.6) is 0 Å². The van der Waals surface area contributed by atoms with E-state index in [0.29, 0.717) is 16.7 Å². The Morgan fingerprint density at radius 3 is 2.17 bits per heavy atom. The van der Waals surface area contributed by atoms with Crippen LogP contribution in [-0.4, -0.2) is 29.2 Å². The summed E-state index contributed by atoms with van der Waals surface area (Å²) < 4.78 is 38.8. The van der Waals surface area contributed by atoms with Gasteiger partial charge >= 0.3 is 6.18 Å². The number of nitrogens with one attached hydrogen (secondary N) is 3. The number of hydrogen-bond donors (Lipinski definition) is 3. The van der Waals surface area contributed by atoms with Gasteiger partial charge in [-0.3, -0.25) is 9.89 Å². The molecule has 8 heteroatoms. The number of rotatable bonds is 5. The molecule has 5 rings (SSSR count). The molecular weight excluding hydrogens is 465 g/mol. The quantitative estimate of drug-likeness (QED) is 0.333. The van der Waals surface area contributed by atoms with Gasteiger partial charge in [-0.2, -0.15) is 18.3 Å². The molecule has 0 unspecified atom stereocenters. The SMILES string of the molecule is O=C(NC1(c2ccc(-c3cn[nH]c3)cc2)CCNCC1)c1cccc(-c2ccc(C(F)(F)F)cc2)c1. The average molecular weight is 491 g/mol. The van der Waals surface area contributed by atoms with E-state index in [2.05, 4.69) is 20.8 Å². The highest BCUT2D eigenvalue weighted by molar-refractivity contribution is 5.96. The lowest BCUT2D eigenvalue weighted by atomic mass is 9.80. The Morgan fingerprint density at radius 2 is 1.53 bits per heavy atom. The van der Waals surface area contributed by atoms with Crippen LogP contribution in [0.25, 0.3) is 22.3 Å². The molecule has 0 spiro atoms. The van der Waals surface area contributed by atoms with Crippen molar-refractivity contribution in [3.63, 3.8) is 0 Å². The van der Waals surface area contributed by atoms with E-state index >= 15 is 0 Å². The number of H-pyrrole nitrogens is 1. The van der Waals surface area contributed by atoms with Crippen LogP contribution in [0.15, 0.2) is 85.2 Å². The highest BCUT2D eigenvalue weighted by Gasteiger charge is 2.36. The van der Waals surface area contributed by atoms with Crippen LogP contribution in [0, 0.1) is 0 Å². The van der Waals surface area contributed by atoms with Gasteiger partial charge in [0, 0.05) is 17.3 Å². The first-order valence-corrected chi connectivity index (χ1v) is 11.7. The van der Waals surface area contributed by atoms with Gasteiger partial charge in [-0.25, -0.2) is 0 Å². The molecule has 0 atom stereocenters. The second-order valence-electron chi connectivity index (χ2n) is 9.01. The van der Waals surface area contributed by atoms with Crippen molar-refractivity contribution < 1.29 is 18.0 Å². The van der Waals surface area contributed by atoms with Gasteiger partial charge in [0.1, 0.15) is 0 Å². The smallest absolute Gasteiger partial charge is 0.342 e. The molecule has 0 bridgehead atoms. The Kier molecular flexibility index (Phi) is 6.36. The zero-order valence-corrected chi connectivity index (χ0v) is 19.4. The monoisotopic (exact) mass is 490 g/mol. The molecule has 4 aromatic rings. The molecule has 3 N–H and O–H groups in total. The Hall–Kier alpha value is -3.91. The predicted octanol–water partition coefficient (Wildman–Crippen LogP) is 5.77. The lowest BCUT2D eigenvalue weighted by molar-refractivity contribution is -0.137. The number of carbonyl (C=O) groups excluding carboxylic acids is 1. The third-order valence-corrected chi connectivity index (χ3v) is 6.75. The number of benzene rings is 3. The Labute approximate surface area is 206 Å². The van der Waals surface area contributed by atoms with Crippen LogP contribution < -0.4 is 10.6 Å². The van der Waals surface area contributed by atoms with Gasteiger partial charge in [-0.05, 0) is 72.5 Å². The summed E-state index contributed by atoms with van der Waals surface area (Å²) in [5.41, 5.74) is 3.58. The third-order valence-electron chi connectivity index (χ3n) is 6.75. The maximum Gasteiger partial charge on any atom is 0.416 e. The van der Waals surface area contributed by atoms with Crippen molar-refractivity contribution in [1.82, 2.24) is 20.8 Å². The lowest BCUT2D eigenvalue weighted by Crippen LogP contribution is -2.52. The van der Waals surface area contributed by atoms with Gasteiger partial charge in [-0.15, -0.1) is 0 Å². The van der Waals surface area contributed by atoms with Gasteiger partial charge in [0.05, 0.1) is 17.3 Å². The number of amides is 1. The number of halogens is 3. The van der Waals surface area contributed by atoms with E-state index in [9.17, 15) is 18.0 Å². The molecule has 0 aliphatic carbocycles. The van der Waals surface area contributed by atoms with E-state index in [-0.39, 0.29) is 5.91 Å². The highest BCUT2D eigenvalue weighted by Crippen LogP contribution is 2.34. The molecule has 1 amide bonds. The fourth-order valence-electron chi connectivity index (χ4n) is 4.71. The summed E-state index contributed by atoms with van der Waals surface area (Å²) in [6.07, 6.45) is 0.687. The number of aromatic nitrogens is 2. The predicted molar refractivity (Wildman–Crippen MR) is 132 cm³/mol. The molecular formula is C28H25F3N4O. The maximum absolute atomic E-state index is 13.4. The van der Waals surface area contributed by atoms with Crippen LogP contribution in [0.2, 0.25) is 0 Å². The normalized spacial score (nSPS) is 15.4. The van der Waals surface area contributed by atoms with Crippen LogP contribution in [0.1, 0.15) is 34.3 Å². The van der Waals surface area contributed by atoms with E-state index in [1.165, 1.54) is 12.1 Å². The van der Waals surface area contributed by atoms with Crippen molar-refractivity contribution >= 4 is 5.91 Å². The number of hydrogen-bond acceptors (Lipinski definition) is 3. The number of aromatic amines is 1. The lowest BCUT2D eigenvalue weighted by Gasteiger charge is -2.39. The third kappa shape index (κ3) is 4.90. The van der Waals surface area contributed by atoms with Gasteiger partial charge in [0.2, 0.25) is 0 Å². The van der Waals surface area contributed by atoms with Crippen LogP contribution in [0.4, 0.5) is 13.2 Å². The Bertz CT molecular complexity index is 1320. The molecule has 3 aromatic carbocycles. The minimum absolute atomic E-state index is 0.218. The van der Waals surface area contributed by atoms with Crippen molar-refractivity contribution in [1.29, 1.82) is 0 Å². The molecule has 1 fully saturated rings. The second-order valence-corrected chi connectivity index (χ2v) is 9.01. The first kappa shape index (κ1) is 23.8. The van der Waals surface area contributed by atoms with E-state index < -0.39 is 17.3 Å². The second kappa shape index (κ2) is 9.62. The van der Waals surface area contributed by atoms with Crippen LogP contribution in [0.3, 0.4) is 0 Å². The summed E-state index contributed by atoms with van der Waals surface area (Å²) in [5.74, 6) is -0.218. The number of piperidine rings is 1. The number of alkyl halides is 3. The molecule has 184 valence electrons.